The van der Waals surface area contributed by atoms with Crippen LogP contribution >= 0.6 is 0 Å². The minimum absolute atomic E-state index is 0.126. The van der Waals surface area contributed by atoms with Crippen LogP contribution in [0.2, 0.25) is 0 Å². The highest BCUT2D eigenvalue weighted by Gasteiger charge is 2.22. The zero-order valence-corrected chi connectivity index (χ0v) is 17.5. The zero-order chi connectivity index (χ0) is 20.8. The van der Waals surface area contributed by atoms with Gasteiger partial charge < -0.3 is 24.8 Å². The van der Waals surface area contributed by atoms with Gasteiger partial charge in [0.1, 0.15) is 19.0 Å². The molecule has 2 aromatic rings. The summed E-state index contributed by atoms with van der Waals surface area (Å²) in [5.41, 5.74) is 2.01. The van der Waals surface area contributed by atoms with Crippen LogP contribution in [0.1, 0.15) is 50.9 Å². The first kappa shape index (κ1) is 20.8. The standard InChI is InChI=1S/C23H30N2O4/c1-5-27-19-9-6-17(7-10-19)16(4)24-23(26)25-22(15(2)3)18-8-11-20-21(14-18)29-13-12-28-20/h6-11,14-16,22H,5,12-13H2,1-4H3,(H2,24,25,26). The summed E-state index contributed by atoms with van der Waals surface area (Å²) in [6, 6.07) is 13.1. The van der Waals surface area contributed by atoms with Crippen molar-refractivity contribution in [2.75, 3.05) is 19.8 Å². The van der Waals surface area contributed by atoms with Crippen LogP contribution in [-0.4, -0.2) is 25.9 Å². The summed E-state index contributed by atoms with van der Waals surface area (Å²) >= 11 is 0. The molecule has 2 atom stereocenters. The quantitative estimate of drug-likeness (QED) is 0.714. The zero-order valence-electron chi connectivity index (χ0n) is 17.5. The van der Waals surface area contributed by atoms with Crippen LogP contribution in [0.4, 0.5) is 4.79 Å². The Bertz CT molecular complexity index is 820. The molecular formula is C23H30N2O4. The molecule has 0 saturated carbocycles. The number of rotatable bonds is 7. The van der Waals surface area contributed by atoms with Crippen molar-refractivity contribution < 1.29 is 19.0 Å². The van der Waals surface area contributed by atoms with E-state index in [1.807, 2.05) is 56.3 Å². The molecule has 156 valence electrons. The van der Waals surface area contributed by atoms with Gasteiger partial charge in [-0.1, -0.05) is 32.0 Å². The second kappa shape index (κ2) is 9.54. The third kappa shape index (κ3) is 5.34. The van der Waals surface area contributed by atoms with Crippen molar-refractivity contribution in [2.24, 2.45) is 5.92 Å². The van der Waals surface area contributed by atoms with Gasteiger partial charge in [0, 0.05) is 0 Å². The molecule has 0 radical (unpaired) electrons. The van der Waals surface area contributed by atoms with Crippen LogP contribution in [0.3, 0.4) is 0 Å². The van der Waals surface area contributed by atoms with E-state index < -0.39 is 0 Å². The van der Waals surface area contributed by atoms with E-state index >= 15 is 0 Å². The normalized spacial score (nSPS) is 14.8. The Kier molecular flexibility index (Phi) is 6.86. The number of amides is 2. The molecule has 0 aromatic heterocycles. The smallest absolute Gasteiger partial charge is 0.315 e. The van der Waals surface area contributed by atoms with Crippen molar-refractivity contribution >= 4 is 6.03 Å². The first-order valence-electron chi connectivity index (χ1n) is 10.2. The second-order valence-electron chi connectivity index (χ2n) is 7.47. The maximum absolute atomic E-state index is 12.7. The van der Waals surface area contributed by atoms with Gasteiger partial charge in [0.2, 0.25) is 0 Å². The van der Waals surface area contributed by atoms with E-state index in [1.165, 1.54) is 0 Å². The number of nitrogens with one attached hydrogen (secondary N) is 2. The van der Waals surface area contributed by atoms with Gasteiger partial charge in [0.15, 0.2) is 11.5 Å². The van der Waals surface area contributed by atoms with Gasteiger partial charge in [-0.3, -0.25) is 0 Å². The maximum atomic E-state index is 12.7. The van der Waals surface area contributed by atoms with E-state index in [2.05, 4.69) is 24.5 Å². The number of benzene rings is 2. The average molecular weight is 399 g/mol. The monoisotopic (exact) mass is 398 g/mol. The molecule has 1 aliphatic rings. The number of ether oxygens (including phenoxy) is 3. The Morgan fingerprint density at radius 2 is 1.62 bits per heavy atom. The SMILES string of the molecule is CCOc1ccc(C(C)NC(=O)NC(c2ccc3c(c2)OCCO3)C(C)C)cc1. The number of carbonyl (C=O) groups is 1. The Morgan fingerprint density at radius 3 is 2.28 bits per heavy atom. The summed E-state index contributed by atoms with van der Waals surface area (Å²) in [6.07, 6.45) is 0. The number of carbonyl (C=O) groups excluding carboxylic acids is 1. The minimum Gasteiger partial charge on any atom is -0.494 e. The van der Waals surface area contributed by atoms with Crippen molar-refractivity contribution in [3.8, 4) is 17.2 Å². The van der Waals surface area contributed by atoms with E-state index in [0.29, 0.717) is 19.8 Å². The molecule has 6 nitrogen and oxygen atoms in total. The molecule has 1 heterocycles. The molecule has 0 bridgehead atoms. The fraction of sp³-hybridized carbons (Fsp3) is 0.435. The molecule has 29 heavy (non-hydrogen) atoms. The largest absolute Gasteiger partial charge is 0.494 e. The third-order valence-electron chi connectivity index (χ3n) is 4.92. The molecule has 1 aliphatic heterocycles. The van der Waals surface area contributed by atoms with Gasteiger partial charge in [0.05, 0.1) is 18.7 Å². The lowest BCUT2D eigenvalue weighted by atomic mass is 9.95. The molecule has 3 rings (SSSR count). The summed E-state index contributed by atoms with van der Waals surface area (Å²) in [7, 11) is 0. The summed E-state index contributed by atoms with van der Waals surface area (Å²) in [5.74, 6) is 2.51. The van der Waals surface area contributed by atoms with Gasteiger partial charge in [-0.2, -0.15) is 0 Å². The highest BCUT2D eigenvalue weighted by molar-refractivity contribution is 5.75. The van der Waals surface area contributed by atoms with Crippen LogP contribution in [0, 0.1) is 5.92 Å². The van der Waals surface area contributed by atoms with Gasteiger partial charge >= 0.3 is 6.03 Å². The molecule has 2 unspecified atom stereocenters. The molecular weight excluding hydrogens is 368 g/mol. The van der Waals surface area contributed by atoms with E-state index in [4.69, 9.17) is 14.2 Å². The van der Waals surface area contributed by atoms with Crippen LogP contribution in [0.15, 0.2) is 42.5 Å². The highest BCUT2D eigenvalue weighted by Crippen LogP contribution is 2.34. The summed E-state index contributed by atoms with van der Waals surface area (Å²) < 4.78 is 16.7. The van der Waals surface area contributed by atoms with Crippen LogP contribution in [-0.2, 0) is 0 Å². The average Bonchev–Trinajstić information content (AvgIpc) is 2.72. The van der Waals surface area contributed by atoms with Crippen molar-refractivity contribution in [3.05, 3.63) is 53.6 Å². The lowest BCUT2D eigenvalue weighted by Crippen LogP contribution is -2.40. The predicted molar refractivity (Wildman–Crippen MR) is 113 cm³/mol. The van der Waals surface area contributed by atoms with Crippen LogP contribution in [0.5, 0.6) is 17.2 Å². The van der Waals surface area contributed by atoms with Crippen molar-refractivity contribution in [1.82, 2.24) is 10.6 Å². The first-order chi connectivity index (χ1) is 14.0. The van der Waals surface area contributed by atoms with Gasteiger partial charge in [-0.25, -0.2) is 4.79 Å². The Hall–Kier alpha value is -2.89. The predicted octanol–water partition coefficient (Wildman–Crippen LogP) is 4.61. The van der Waals surface area contributed by atoms with E-state index in [9.17, 15) is 4.79 Å². The molecule has 0 aliphatic carbocycles. The lowest BCUT2D eigenvalue weighted by molar-refractivity contribution is 0.171. The summed E-state index contributed by atoms with van der Waals surface area (Å²) in [6.45, 7) is 9.81. The van der Waals surface area contributed by atoms with Crippen LogP contribution in [0.25, 0.3) is 0 Å². The number of urea groups is 1. The fourth-order valence-electron chi connectivity index (χ4n) is 3.37. The maximum Gasteiger partial charge on any atom is 0.315 e. The topological polar surface area (TPSA) is 68.8 Å². The van der Waals surface area contributed by atoms with Gasteiger partial charge in [0.25, 0.3) is 0 Å². The first-order valence-corrected chi connectivity index (χ1v) is 10.2. The van der Waals surface area contributed by atoms with E-state index in [1.54, 1.807) is 0 Å². The summed E-state index contributed by atoms with van der Waals surface area (Å²) in [5, 5.41) is 6.12. The fourth-order valence-corrected chi connectivity index (χ4v) is 3.37. The number of fused-ring (bicyclic) bond motifs is 1. The van der Waals surface area contributed by atoms with Crippen LogP contribution < -0.4 is 24.8 Å². The van der Waals surface area contributed by atoms with E-state index in [0.717, 1.165) is 28.4 Å². The van der Waals surface area contributed by atoms with Crippen molar-refractivity contribution in [3.63, 3.8) is 0 Å². The molecule has 0 fully saturated rings. The molecule has 2 N–H and O–H groups in total. The Morgan fingerprint density at radius 1 is 0.966 bits per heavy atom. The molecule has 6 heteroatoms. The Balaban J connectivity index is 1.65. The molecule has 2 aromatic carbocycles. The van der Waals surface area contributed by atoms with Crippen molar-refractivity contribution in [1.29, 1.82) is 0 Å². The lowest BCUT2D eigenvalue weighted by Gasteiger charge is -2.26. The highest BCUT2D eigenvalue weighted by atomic mass is 16.6. The number of hydrogen-bond acceptors (Lipinski definition) is 4. The minimum atomic E-state index is -0.208. The van der Waals surface area contributed by atoms with Crippen molar-refractivity contribution in [2.45, 2.75) is 39.8 Å². The third-order valence-corrected chi connectivity index (χ3v) is 4.92. The van der Waals surface area contributed by atoms with Gasteiger partial charge in [-0.15, -0.1) is 0 Å². The van der Waals surface area contributed by atoms with E-state index in [-0.39, 0.29) is 24.0 Å². The second-order valence-corrected chi connectivity index (χ2v) is 7.47. The Labute approximate surface area is 172 Å². The summed E-state index contributed by atoms with van der Waals surface area (Å²) in [4.78, 5) is 12.7. The molecule has 2 amide bonds. The molecule has 0 spiro atoms. The van der Waals surface area contributed by atoms with Gasteiger partial charge in [-0.05, 0) is 55.2 Å². The number of hydrogen-bond donors (Lipinski definition) is 2. The molecule has 0 saturated heterocycles.